The Morgan fingerprint density at radius 2 is 2.15 bits per heavy atom. The van der Waals surface area contributed by atoms with E-state index < -0.39 is 0 Å². The third-order valence-corrected chi connectivity index (χ3v) is 3.38. The van der Waals surface area contributed by atoms with Gasteiger partial charge >= 0.3 is 0 Å². The van der Waals surface area contributed by atoms with Crippen LogP contribution in [0, 0.1) is 0 Å². The molecular formula is C15H17N5. The fraction of sp³-hybridized carbons (Fsp3) is 0.200. The molecular weight excluding hydrogens is 250 g/mol. The minimum Gasteiger partial charge on any atom is -0.396 e. The Kier molecular flexibility index (Phi) is 3.25. The fourth-order valence-electron chi connectivity index (χ4n) is 2.32. The molecule has 5 nitrogen and oxygen atoms in total. The summed E-state index contributed by atoms with van der Waals surface area (Å²) in [6, 6.07) is 8.06. The maximum atomic E-state index is 6.09. The molecule has 0 saturated heterocycles. The molecule has 0 aliphatic carbocycles. The monoisotopic (exact) mass is 267 g/mol. The van der Waals surface area contributed by atoms with Gasteiger partial charge in [0.05, 0.1) is 29.1 Å². The Hall–Kier alpha value is -2.56. The average Bonchev–Trinajstić information content (AvgIpc) is 3.00. The molecule has 3 rings (SSSR count). The summed E-state index contributed by atoms with van der Waals surface area (Å²) in [5, 5.41) is 4.51. The third-order valence-electron chi connectivity index (χ3n) is 3.38. The van der Waals surface area contributed by atoms with Crippen molar-refractivity contribution >= 4 is 22.3 Å². The second-order valence-corrected chi connectivity index (χ2v) is 4.69. The fourth-order valence-corrected chi connectivity index (χ4v) is 2.32. The topological polar surface area (TPSA) is 79.6 Å². The van der Waals surface area contributed by atoms with Gasteiger partial charge in [0, 0.05) is 17.8 Å². The summed E-state index contributed by atoms with van der Waals surface area (Å²) >= 11 is 0. The zero-order chi connectivity index (χ0) is 13.9. The zero-order valence-electron chi connectivity index (χ0n) is 11.3. The lowest BCUT2D eigenvalue weighted by atomic mass is 10.1. The minimum atomic E-state index is 0.0955. The number of para-hydroxylation sites is 1. The van der Waals surface area contributed by atoms with Crippen LogP contribution in [0.4, 0.5) is 11.4 Å². The van der Waals surface area contributed by atoms with Crippen molar-refractivity contribution in [3.63, 3.8) is 0 Å². The lowest BCUT2D eigenvalue weighted by molar-refractivity contribution is 0.705. The van der Waals surface area contributed by atoms with Crippen molar-refractivity contribution in [2.24, 2.45) is 0 Å². The molecule has 0 saturated carbocycles. The third kappa shape index (κ3) is 2.18. The van der Waals surface area contributed by atoms with E-state index in [9.17, 15) is 0 Å². The molecule has 0 radical (unpaired) electrons. The van der Waals surface area contributed by atoms with Crippen LogP contribution in [0.2, 0.25) is 0 Å². The van der Waals surface area contributed by atoms with Gasteiger partial charge < -0.3 is 16.0 Å². The van der Waals surface area contributed by atoms with Crippen molar-refractivity contribution in [1.82, 2.24) is 15.0 Å². The highest BCUT2D eigenvalue weighted by Gasteiger charge is 2.15. The van der Waals surface area contributed by atoms with Crippen molar-refractivity contribution in [3.05, 3.63) is 48.7 Å². The number of nitrogens with one attached hydrogen (secondary N) is 2. The molecule has 0 fully saturated rings. The van der Waals surface area contributed by atoms with Gasteiger partial charge in [-0.25, -0.2) is 4.98 Å². The van der Waals surface area contributed by atoms with E-state index in [-0.39, 0.29) is 6.04 Å². The highest BCUT2D eigenvalue weighted by atomic mass is 15.0. The number of benzene rings is 1. The maximum Gasteiger partial charge on any atom is 0.128 e. The summed E-state index contributed by atoms with van der Waals surface area (Å²) < 4.78 is 0. The minimum absolute atomic E-state index is 0.0955. The van der Waals surface area contributed by atoms with E-state index in [0.717, 1.165) is 28.8 Å². The number of H-pyrrole nitrogens is 1. The van der Waals surface area contributed by atoms with Gasteiger partial charge in [-0.05, 0) is 12.5 Å². The summed E-state index contributed by atoms with van der Waals surface area (Å²) in [4.78, 5) is 11.8. The van der Waals surface area contributed by atoms with Crippen LogP contribution in [0.25, 0.3) is 10.9 Å². The molecule has 20 heavy (non-hydrogen) atoms. The first-order valence-corrected chi connectivity index (χ1v) is 6.68. The average molecular weight is 267 g/mol. The Balaban J connectivity index is 2.03. The zero-order valence-corrected chi connectivity index (χ0v) is 11.3. The number of hydrogen-bond donors (Lipinski definition) is 3. The van der Waals surface area contributed by atoms with Crippen LogP contribution in [0.5, 0.6) is 0 Å². The van der Waals surface area contributed by atoms with Gasteiger partial charge in [0.15, 0.2) is 0 Å². The molecule has 102 valence electrons. The standard InChI is InChI=1S/C15H17N5/c1-2-12(15-17-7-8-18-15)20-14-10-5-3-4-6-13(10)19-9-11(14)16/h3-9,12H,2,16H2,1H3,(H,17,18)(H,19,20). The van der Waals surface area contributed by atoms with E-state index in [2.05, 4.69) is 27.2 Å². The van der Waals surface area contributed by atoms with E-state index in [0.29, 0.717) is 5.69 Å². The van der Waals surface area contributed by atoms with E-state index in [1.165, 1.54) is 0 Å². The molecule has 1 aromatic carbocycles. The van der Waals surface area contributed by atoms with Gasteiger partial charge in [0.1, 0.15) is 5.82 Å². The smallest absolute Gasteiger partial charge is 0.128 e. The molecule has 4 N–H and O–H groups in total. The molecule has 0 spiro atoms. The van der Waals surface area contributed by atoms with Gasteiger partial charge in [-0.1, -0.05) is 25.1 Å². The van der Waals surface area contributed by atoms with E-state index in [1.807, 2.05) is 30.5 Å². The molecule has 1 atom stereocenters. The first-order chi connectivity index (χ1) is 9.79. The van der Waals surface area contributed by atoms with Crippen molar-refractivity contribution in [2.45, 2.75) is 19.4 Å². The first-order valence-electron chi connectivity index (χ1n) is 6.68. The van der Waals surface area contributed by atoms with Crippen molar-refractivity contribution in [1.29, 1.82) is 0 Å². The highest BCUT2D eigenvalue weighted by molar-refractivity contribution is 5.96. The molecule has 0 amide bonds. The number of rotatable bonds is 4. The number of nitrogens with two attached hydrogens (primary N) is 1. The number of aromatic amines is 1. The second kappa shape index (κ2) is 5.21. The van der Waals surface area contributed by atoms with Gasteiger partial charge in [-0.2, -0.15) is 0 Å². The Morgan fingerprint density at radius 3 is 2.90 bits per heavy atom. The van der Waals surface area contributed by atoms with Crippen molar-refractivity contribution < 1.29 is 0 Å². The van der Waals surface area contributed by atoms with Gasteiger partial charge in [-0.15, -0.1) is 0 Å². The molecule has 2 aromatic heterocycles. The first kappa shape index (κ1) is 12.5. The van der Waals surface area contributed by atoms with Crippen LogP contribution >= 0.6 is 0 Å². The molecule has 3 aromatic rings. The van der Waals surface area contributed by atoms with E-state index in [1.54, 1.807) is 12.4 Å². The molecule has 2 heterocycles. The summed E-state index contributed by atoms with van der Waals surface area (Å²) in [6.45, 7) is 2.11. The number of fused-ring (bicyclic) bond motifs is 1. The summed E-state index contributed by atoms with van der Waals surface area (Å²) in [6.07, 6.45) is 6.19. The molecule has 0 aliphatic rings. The molecule has 0 bridgehead atoms. The van der Waals surface area contributed by atoms with Crippen molar-refractivity contribution in [3.8, 4) is 0 Å². The van der Waals surface area contributed by atoms with Crippen molar-refractivity contribution in [2.75, 3.05) is 11.1 Å². The highest BCUT2D eigenvalue weighted by Crippen LogP contribution is 2.31. The molecule has 0 aliphatic heterocycles. The SMILES string of the molecule is CCC(Nc1c(N)cnc2ccccc12)c1ncc[nH]1. The summed E-state index contributed by atoms with van der Waals surface area (Å²) in [5.41, 5.74) is 8.58. The molecule has 1 unspecified atom stereocenters. The number of hydrogen-bond acceptors (Lipinski definition) is 4. The predicted molar refractivity (Wildman–Crippen MR) is 81.4 cm³/mol. The van der Waals surface area contributed by atoms with E-state index >= 15 is 0 Å². The summed E-state index contributed by atoms with van der Waals surface area (Å²) in [5.74, 6) is 0.910. The lowest BCUT2D eigenvalue weighted by Gasteiger charge is -2.19. The van der Waals surface area contributed by atoms with Gasteiger partial charge in [0.2, 0.25) is 0 Å². The van der Waals surface area contributed by atoms with Crippen LogP contribution in [-0.4, -0.2) is 15.0 Å². The molecule has 5 heteroatoms. The normalized spacial score (nSPS) is 12.4. The number of aromatic nitrogens is 3. The van der Waals surface area contributed by atoms with Crippen LogP contribution in [0.1, 0.15) is 25.2 Å². The number of anilines is 2. The number of pyridine rings is 1. The lowest BCUT2D eigenvalue weighted by Crippen LogP contribution is -2.13. The second-order valence-electron chi connectivity index (χ2n) is 4.69. The maximum absolute atomic E-state index is 6.09. The number of nitrogen functional groups attached to an aromatic ring is 1. The Bertz CT molecular complexity index is 705. The summed E-state index contributed by atoms with van der Waals surface area (Å²) in [7, 11) is 0. The predicted octanol–water partition coefficient (Wildman–Crippen LogP) is 3.10. The largest absolute Gasteiger partial charge is 0.396 e. The van der Waals surface area contributed by atoms with Crippen LogP contribution in [-0.2, 0) is 0 Å². The van der Waals surface area contributed by atoms with Gasteiger partial charge in [-0.3, -0.25) is 4.98 Å². The quantitative estimate of drug-likeness (QED) is 0.678. The number of imidazole rings is 1. The Labute approximate surface area is 117 Å². The van der Waals surface area contributed by atoms with Crippen LogP contribution in [0.3, 0.4) is 0 Å². The van der Waals surface area contributed by atoms with Gasteiger partial charge in [0.25, 0.3) is 0 Å². The Morgan fingerprint density at radius 1 is 1.30 bits per heavy atom. The number of nitrogens with zero attached hydrogens (tertiary/aromatic N) is 2. The van der Waals surface area contributed by atoms with Crippen LogP contribution in [0.15, 0.2) is 42.9 Å². The van der Waals surface area contributed by atoms with E-state index in [4.69, 9.17) is 5.73 Å². The van der Waals surface area contributed by atoms with Crippen LogP contribution < -0.4 is 11.1 Å².